The highest BCUT2D eigenvalue weighted by Gasteiger charge is 2.24. The molecule has 0 aliphatic carbocycles. The number of anilines is 2. The van der Waals surface area contributed by atoms with Gasteiger partial charge in [-0.25, -0.2) is 0 Å². The fourth-order valence-electron chi connectivity index (χ4n) is 3.97. The van der Waals surface area contributed by atoms with Crippen molar-refractivity contribution in [2.45, 2.75) is 6.92 Å². The highest BCUT2D eigenvalue weighted by atomic mass is 35.5. The summed E-state index contributed by atoms with van der Waals surface area (Å²) < 4.78 is 1.84. The Morgan fingerprint density at radius 1 is 0.929 bits per heavy atom. The summed E-state index contributed by atoms with van der Waals surface area (Å²) in [6.45, 7) is 12.0. The van der Waals surface area contributed by atoms with E-state index in [0.29, 0.717) is 0 Å². The van der Waals surface area contributed by atoms with E-state index < -0.39 is 0 Å². The molecule has 0 saturated carbocycles. The molecule has 0 radical (unpaired) electrons. The number of aromatic nitrogens is 4. The molecule has 2 fully saturated rings. The molecule has 4 heterocycles. The third kappa shape index (κ3) is 4.17. The van der Waals surface area contributed by atoms with E-state index in [0.717, 1.165) is 88.2 Å². The van der Waals surface area contributed by atoms with E-state index in [4.69, 9.17) is 15.1 Å². The van der Waals surface area contributed by atoms with Crippen LogP contribution in [0.4, 0.5) is 11.8 Å². The van der Waals surface area contributed by atoms with Gasteiger partial charge in [-0.3, -0.25) is 9.58 Å². The second kappa shape index (κ2) is 9.21. The molecule has 0 bridgehead atoms. The Bertz CT molecular complexity index is 768. The highest BCUT2D eigenvalue weighted by molar-refractivity contribution is 5.88. The van der Waals surface area contributed by atoms with Crippen LogP contribution in [-0.2, 0) is 7.05 Å². The topological polar surface area (TPSA) is 76.8 Å². The lowest BCUT2D eigenvalue weighted by Gasteiger charge is -2.36. The number of β-amino-alcohol motifs (C(OH)–C–C–N with tert-alkyl or cyclic N) is 1. The summed E-state index contributed by atoms with van der Waals surface area (Å²) in [4.78, 5) is 19.2. The standard InChI is InChI=1S/C18H30N8O.ClH/c1-3-23-4-8-25(9-5-23)17-15-14-19-22(2)16(15)20-18(21-17)26-10-6-24(7-11-26)12-13-27;/h14,27H,3-13H2,1-2H3;1H. The maximum Gasteiger partial charge on any atom is 0.229 e. The van der Waals surface area contributed by atoms with Crippen LogP contribution in [0.2, 0.25) is 0 Å². The van der Waals surface area contributed by atoms with Crippen LogP contribution in [0.5, 0.6) is 0 Å². The minimum Gasteiger partial charge on any atom is -0.395 e. The van der Waals surface area contributed by atoms with Crippen molar-refractivity contribution in [2.24, 2.45) is 7.05 Å². The molecule has 0 unspecified atom stereocenters. The number of fused-ring (bicyclic) bond motifs is 1. The molecule has 0 atom stereocenters. The second-order valence-electron chi connectivity index (χ2n) is 7.33. The summed E-state index contributed by atoms with van der Waals surface area (Å²) in [5.74, 6) is 1.80. The summed E-state index contributed by atoms with van der Waals surface area (Å²) in [5.41, 5.74) is 0.894. The van der Waals surface area contributed by atoms with Crippen molar-refractivity contribution < 1.29 is 5.11 Å². The largest absolute Gasteiger partial charge is 0.395 e. The monoisotopic (exact) mass is 410 g/mol. The molecular weight excluding hydrogens is 380 g/mol. The summed E-state index contributed by atoms with van der Waals surface area (Å²) in [5, 5.41) is 14.6. The van der Waals surface area contributed by atoms with E-state index in [9.17, 15) is 0 Å². The van der Waals surface area contributed by atoms with Crippen LogP contribution in [0, 0.1) is 0 Å². The number of likely N-dealkylation sites (N-methyl/N-ethyl adjacent to an activating group) is 1. The normalized spacial score (nSPS) is 19.2. The number of aliphatic hydroxyl groups is 1. The Balaban J connectivity index is 0.00000225. The number of aryl methyl sites for hydroxylation is 1. The van der Waals surface area contributed by atoms with E-state index in [-0.39, 0.29) is 19.0 Å². The highest BCUT2D eigenvalue weighted by Crippen LogP contribution is 2.27. The smallest absolute Gasteiger partial charge is 0.229 e. The van der Waals surface area contributed by atoms with Crippen molar-refractivity contribution in [2.75, 3.05) is 81.9 Å². The molecule has 2 saturated heterocycles. The first-order valence-electron chi connectivity index (χ1n) is 9.94. The number of piperazine rings is 2. The minimum atomic E-state index is 0. The molecule has 1 N–H and O–H groups in total. The van der Waals surface area contributed by atoms with Crippen LogP contribution in [-0.4, -0.2) is 107 Å². The van der Waals surface area contributed by atoms with Crippen molar-refractivity contribution in [3.05, 3.63) is 6.20 Å². The Kier molecular flexibility index (Phi) is 6.92. The van der Waals surface area contributed by atoms with Crippen molar-refractivity contribution >= 4 is 35.2 Å². The lowest BCUT2D eigenvalue weighted by molar-refractivity contribution is 0.188. The number of nitrogens with zero attached hydrogens (tertiary/aromatic N) is 8. The van der Waals surface area contributed by atoms with Gasteiger partial charge < -0.3 is 19.8 Å². The molecule has 0 spiro atoms. The van der Waals surface area contributed by atoms with Crippen LogP contribution in [0.1, 0.15) is 6.92 Å². The first-order chi connectivity index (χ1) is 13.2. The molecule has 10 heteroatoms. The quantitative estimate of drug-likeness (QED) is 0.740. The van der Waals surface area contributed by atoms with Gasteiger partial charge in [-0.2, -0.15) is 15.1 Å². The average Bonchev–Trinajstić information content (AvgIpc) is 3.09. The van der Waals surface area contributed by atoms with Gasteiger partial charge in [0.1, 0.15) is 5.82 Å². The van der Waals surface area contributed by atoms with E-state index in [1.54, 1.807) is 0 Å². The number of rotatable bonds is 5. The fourth-order valence-corrected chi connectivity index (χ4v) is 3.97. The Hall–Kier alpha value is -1.68. The Morgan fingerprint density at radius 2 is 1.57 bits per heavy atom. The van der Waals surface area contributed by atoms with Crippen LogP contribution in [0.3, 0.4) is 0 Å². The second-order valence-corrected chi connectivity index (χ2v) is 7.33. The van der Waals surface area contributed by atoms with Crippen molar-refractivity contribution in [1.82, 2.24) is 29.5 Å². The fraction of sp³-hybridized carbons (Fsp3) is 0.722. The first kappa shape index (κ1) is 21.0. The summed E-state index contributed by atoms with van der Waals surface area (Å²) in [6, 6.07) is 0. The number of aliphatic hydroxyl groups excluding tert-OH is 1. The van der Waals surface area contributed by atoms with Crippen molar-refractivity contribution in [3.63, 3.8) is 0 Å². The molecular formula is C18H31ClN8O. The molecule has 0 amide bonds. The zero-order valence-electron chi connectivity index (χ0n) is 16.8. The van der Waals surface area contributed by atoms with Gasteiger partial charge in [0.05, 0.1) is 18.2 Å². The number of halogens is 1. The molecule has 2 aromatic heterocycles. The van der Waals surface area contributed by atoms with Gasteiger partial charge in [-0.05, 0) is 6.54 Å². The minimum absolute atomic E-state index is 0. The van der Waals surface area contributed by atoms with Crippen molar-refractivity contribution in [3.8, 4) is 0 Å². The molecule has 2 aliphatic rings. The van der Waals surface area contributed by atoms with Gasteiger partial charge in [-0.1, -0.05) is 6.92 Å². The van der Waals surface area contributed by atoms with Gasteiger partial charge in [0.2, 0.25) is 5.95 Å². The molecule has 9 nitrogen and oxygen atoms in total. The maximum absolute atomic E-state index is 9.15. The van der Waals surface area contributed by atoms with Crippen LogP contribution >= 0.6 is 12.4 Å². The molecule has 28 heavy (non-hydrogen) atoms. The zero-order chi connectivity index (χ0) is 18.8. The Labute approximate surface area is 172 Å². The summed E-state index contributed by atoms with van der Waals surface area (Å²) in [6.07, 6.45) is 1.89. The number of hydrogen-bond donors (Lipinski definition) is 1. The summed E-state index contributed by atoms with van der Waals surface area (Å²) in [7, 11) is 1.94. The van der Waals surface area contributed by atoms with E-state index in [1.807, 2.05) is 17.9 Å². The predicted molar refractivity (Wildman–Crippen MR) is 114 cm³/mol. The van der Waals surface area contributed by atoms with Crippen LogP contribution in [0.15, 0.2) is 6.20 Å². The van der Waals surface area contributed by atoms with Crippen LogP contribution < -0.4 is 9.80 Å². The molecule has 2 aliphatic heterocycles. The van der Waals surface area contributed by atoms with E-state index in [2.05, 4.69) is 31.6 Å². The average molecular weight is 411 g/mol. The van der Waals surface area contributed by atoms with Crippen LogP contribution in [0.25, 0.3) is 11.0 Å². The zero-order valence-corrected chi connectivity index (χ0v) is 17.6. The SMILES string of the molecule is CCN1CCN(c2nc(N3CCN(CCO)CC3)nc3c2cnn3C)CC1.Cl. The van der Waals surface area contributed by atoms with E-state index >= 15 is 0 Å². The molecule has 0 aromatic carbocycles. The van der Waals surface area contributed by atoms with Gasteiger partial charge in [0.25, 0.3) is 0 Å². The lowest BCUT2D eigenvalue weighted by atomic mass is 10.2. The van der Waals surface area contributed by atoms with Gasteiger partial charge in [-0.15, -0.1) is 12.4 Å². The number of hydrogen-bond acceptors (Lipinski definition) is 8. The van der Waals surface area contributed by atoms with Gasteiger partial charge in [0, 0.05) is 66.0 Å². The Morgan fingerprint density at radius 3 is 2.21 bits per heavy atom. The third-order valence-electron chi connectivity index (χ3n) is 5.75. The van der Waals surface area contributed by atoms with Gasteiger partial charge in [0.15, 0.2) is 5.65 Å². The van der Waals surface area contributed by atoms with Crippen molar-refractivity contribution in [1.29, 1.82) is 0 Å². The van der Waals surface area contributed by atoms with E-state index in [1.165, 1.54) is 0 Å². The molecule has 2 aromatic rings. The maximum atomic E-state index is 9.15. The predicted octanol–water partition coefficient (Wildman–Crippen LogP) is 0.0413. The molecule has 156 valence electrons. The first-order valence-corrected chi connectivity index (χ1v) is 9.94. The van der Waals surface area contributed by atoms with Gasteiger partial charge >= 0.3 is 0 Å². The lowest BCUT2D eigenvalue weighted by Crippen LogP contribution is -2.48. The molecule has 4 rings (SSSR count). The summed E-state index contributed by atoms with van der Waals surface area (Å²) >= 11 is 0. The third-order valence-corrected chi connectivity index (χ3v) is 5.75.